The van der Waals surface area contributed by atoms with Crippen molar-refractivity contribution in [3.63, 3.8) is 0 Å². The van der Waals surface area contributed by atoms with E-state index in [9.17, 15) is 4.79 Å². The summed E-state index contributed by atoms with van der Waals surface area (Å²) in [5.41, 5.74) is 0. The monoisotopic (exact) mass is 394 g/mol. The van der Waals surface area contributed by atoms with E-state index >= 15 is 0 Å². The number of carbonyl (C=O) groups excluding carboxylic acids is 1. The van der Waals surface area contributed by atoms with Gasteiger partial charge in [-0.15, -0.1) is 0 Å². The number of hydrogen-bond acceptors (Lipinski definition) is 2. The fourth-order valence-electron chi connectivity index (χ4n) is 3.52. The third-order valence-corrected chi connectivity index (χ3v) is 5.67. The Kier molecular flexibility index (Phi) is 21.9. The lowest BCUT2D eigenvalue weighted by Gasteiger charge is -2.14. The van der Waals surface area contributed by atoms with Crippen molar-refractivity contribution in [2.75, 3.05) is 6.61 Å². The number of unbranched alkanes of at least 4 members (excludes halogenated alkanes) is 12. The number of rotatable bonds is 21. The molecule has 0 aliphatic heterocycles. The molecule has 0 radical (unpaired) electrons. The molecule has 0 spiro atoms. The van der Waals surface area contributed by atoms with Crippen molar-refractivity contribution in [1.29, 1.82) is 0 Å². The van der Waals surface area contributed by atoms with Crippen molar-refractivity contribution in [3.8, 4) is 0 Å². The second-order valence-corrected chi connectivity index (χ2v) is 8.43. The van der Waals surface area contributed by atoms with Gasteiger partial charge in [-0.2, -0.15) is 0 Å². The van der Waals surface area contributed by atoms with Crippen LogP contribution in [0.25, 0.3) is 0 Å². The third-order valence-electron chi connectivity index (χ3n) is 5.67. The Labute approximate surface area is 176 Å². The lowest BCUT2D eigenvalue weighted by molar-refractivity contribution is -0.145. The molecule has 0 bridgehead atoms. The van der Waals surface area contributed by atoms with E-state index in [0.29, 0.717) is 18.9 Å². The van der Waals surface area contributed by atoms with Crippen LogP contribution in [0.4, 0.5) is 0 Å². The van der Waals surface area contributed by atoms with Gasteiger partial charge in [0.2, 0.25) is 0 Å². The van der Waals surface area contributed by atoms with Crippen molar-refractivity contribution < 1.29 is 9.53 Å². The van der Waals surface area contributed by atoms with E-state index in [0.717, 1.165) is 19.3 Å². The zero-order valence-electron chi connectivity index (χ0n) is 19.5. The topological polar surface area (TPSA) is 26.3 Å². The van der Waals surface area contributed by atoms with Gasteiger partial charge in [0.1, 0.15) is 0 Å². The predicted molar refractivity (Wildman–Crippen MR) is 124 cm³/mol. The third kappa shape index (κ3) is 20.0. The molecule has 0 aromatic heterocycles. The van der Waals surface area contributed by atoms with Gasteiger partial charge in [-0.1, -0.05) is 104 Å². The molecule has 0 unspecified atom stereocenters. The number of ether oxygens (including phenoxy) is 1. The minimum Gasteiger partial charge on any atom is -0.465 e. The average molecular weight is 395 g/mol. The Morgan fingerprint density at radius 2 is 1.25 bits per heavy atom. The summed E-state index contributed by atoms with van der Waals surface area (Å²) < 4.78 is 5.46. The molecule has 2 heteroatoms. The standard InChI is InChI=1S/C26H50O2/c1-4-7-9-10-11-12-13-14-15-16-17-18-19-20-21-23-26(27)28-24-25(6-3)22-8-5-2/h14-15,25H,4-13,16-24H2,1-3H3/b15-14-/t25-/m0/s1. The largest absolute Gasteiger partial charge is 0.465 e. The van der Waals surface area contributed by atoms with Gasteiger partial charge in [-0.25, -0.2) is 0 Å². The Balaban J connectivity index is 3.35. The molecular weight excluding hydrogens is 344 g/mol. The summed E-state index contributed by atoms with van der Waals surface area (Å²) >= 11 is 0. The Hall–Kier alpha value is -0.790. The smallest absolute Gasteiger partial charge is 0.305 e. The summed E-state index contributed by atoms with van der Waals surface area (Å²) in [4.78, 5) is 11.8. The van der Waals surface area contributed by atoms with Gasteiger partial charge in [-0.3, -0.25) is 4.79 Å². The maximum atomic E-state index is 11.8. The van der Waals surface area contributed by atoms with Gasteiger partial charge in [0.05, 0.1) is 6.61 Å². The number of hydrogen-bond donors (Lipinski definition) is 0. The van der Waals surface area contributed by atoms with E-state index in [4.69, 9.17) is 4.74 Å². The van der Waals surface area contributed by atoms with Crippen molar-refractivity contribution in [2.24, 2.45) is 5.92 Å². The molecule has 0 N–H and O–H groups in total. The molecule has 0 fully saturated rings. The maximum Gasteiger partial charge on any atom is 0.305 e. The average Bonchev–Trinajstić information content (AvgIpc) is 2.71. The van der Waals surface area contributed by atoms with Crippen LogP contribution in [0.1, 0.15) is 136 Å². The van der Waals surface area contributed by atoms with Gasteiger partial charge in [-0.05, 0) is 44.4 Å². The van der Waals surface area contributed by atoms with Crippen molar-refractivity contribution >= 4 is 5.97 Å². The van der Waals surface area contributed by atoms with Crippen LogP contribution < -0.4 is 0 Å². The summed E-state index contributed by atoms with van der Waals surface area (Å²) in [5, 5.41) is 0. The summed E-state index contributed by atoms with van der Waals surface area (Å²) in [6, 6.07) is 0. The van der Waals surface area contributed by atoms with E-state index in [1.807, 2.05) is 0 Å². The van der Waals surface area contributed by atoms with Crippen LogP contribution in [-0.4, -0.2) is 12.6 Å². The molecule has 166 valence electrons. The molecule has 0 rings (SSSR count). The Morgan fingerprint density at radius 3 is 1.82 bits per heavy atom. The highest BCUT2D eigenvalue weighted by molar-refractivity contribution is 5.69. The minimum absolute atomic E-state index is 0.00701. The van der Waals surface area contributed by atoms with Crippen LogP contribution in [-0.2, 0) is 9.53 Å². The summed E-state index contributed by atoms with van der Waals surface area (Å²) in [6.07, 6.45) is 26.8. The van der Waals surface area contributed by atoms with E-state index in [1.165, 1.54) is 89.9 Å². The summed E-state index contributed by atoms with van der Waals surface area (Å²) in [6.45, 7) is 7.30. The summed E-state index contributed by atoms with van der Waals surface area (Å²) in [7, 11) is 0. The molecule has 0 aromatic carbocycles. The quantitative estimate of drug-likeness (QED) is 0.110. The fraction of sp³-hybridized carbons (Fsp3) is 0.885. The van der Waals surface area contributed by atoms with E-state index in [1.54, 1.807) is 0 Å². The molecule has 0 aliphatic carbocycles. The first kappa shape index (κ1) is 27.2. The fourth-order valence-corrected chi connectivity index (χ4v) is 3.52. The predicted octanol–water partition coefficient (Wildman–Crippen LogP) is 8.78. The van der Waals surface area contributed by atoms with E-state index in [2.05, 4.69) is 32.9 Å². The van der Waals surface area contributed by atoms with Crippen LogP contribution in [0, 0.1) is 5.92 Å². The van der Waals surface area contributed by atoms with Gasteiger partial charge < -0.3 is 4.74 Å². The molecule has 0 saturated carbocycles. The number of allylic oxidation sites excluding steroid dienone is 2. The maximum absolute atomic E-state index is 11.8. The molecule has 28 heavy (non-hydrogen) atoms. The van der Waals surface area contributed by atoms with Crippen LogP contribution in [0.15, 0.2) is 12.2 Å². The highest BCUT2D eigenvalue weighted by Gasteiger charge is 2.09. The van der Waals surface area contributed by atoms with Gasteiger partial charge in [0.15, 0.2) is 0 Å². The normalized spacial score (nSPS) is 12.5. The van der Waals surface area contributed by atoms with Crippen LogP contribution in [0.3, 0.4) is 0 Å². The first-order valence-corrected chi connectivity index (χ1v) is 12.5. The zero-order valence-corrected chi connectivity index (χ0v) is 19.5. The van der Waals surface area contributed by atoms with Gasteiger partial charge in [0.25, 0.3) is 0 Å². The molecule has 2 nitrogen and oxygen atoms in total. The van der Waals surface area contributed by atoms with Gasteiger partial charge in [0, 0.05) is 6.42 Å². The molecule has 1 atom stereocenters. The first-order valence-electron chi connectivity index (χ1n) is 12.5. The minimum atomic E-state index is 0.00701. The highest BCUT2D eigenvalue weighted by Crippen LogP contribution is 2.14. The summed E-state index contributed by atoms with van der Waals surface area (Å²) in [5.74, 6) is 0.561. The van der Waals surface area contributed by atoms with Crippen molar-refractivity contribution in [2.45, 2.75) is 136 Å². The SMILES string of the molecule is CCCCCCCC/C=C\CCCCCCCC(=O)OC[C@@H](CC)CCCC. The molecule has 0 heterocycles. The van der Waals surface area contributed by atoms with Crippen LogP contribution in [0.5, 0.6) is 0 Å². The highest BCUT2D eigenvalue weighted by atomic mass is 16.5. The Morgan fingerprint density at radius 1 is 0.714 bits per heavy atom. The zero-order chi connectivity index (χ0) is 20.7. The van der Waals surface area contributed by atoms with Crippen LogP contribution >= 0.6 is 0 Å². The van der Waals surface area contributed by atoms with E-state index < -0.39 is 0 Å². The number of carbonyl (C=O) groups is 1. The Bertz CT molecular complexity index is 348. The van der Waals surface area contributed by atoms with Gasteiger partial charge >= 0.3 is 5.97 Å². The molecular formula is C26H50O2. The lowest BCUT2D eigenvalue weighted by Crippen LogP contribution is -2.13. The molecule has 0 aromatic rings. The molecule has 0 amide bonds. The first-order chi connectivity index (χ1) is 13.7. The second-order valence-electron chi connectivity index (χ2n) is 8.43. The number of esters is 1. The molecule has 0 aliphatic rings. The van der Waals surface area contributed by atoms with Crippen molar-refractivity contribution in [3.05, 3.63) is 12.2 Å². The second kappa shape index (κ2) is 22.5. The van der Waals surface area contributed by atoms with E-state index in [-0.39, 0.29) is 5.97 Å². The lowest BCUT2D eigenvalue weighted by atomic mass is 10.0. The van der Waals surface area contributed by atoms with Crippen LogP contribution in [0.2, 0.25) is 0 Å². The molecule has 0 saturated heterocycles. The van der Waals surface area contributed by atoms with Crippen molar-refractivity contribution in [1.82, 2.24) is 0 Å².